The first kappa shape index (κ1) is 16.2. The van der Waals surface area contributed by atoms with Crippen LogP contribution in [0.25, 0.3) is 22.4 Å². The number of Topliss-reactive ketones (excluding diaryl/α,β-unsaturated/α-hetero) is 1. The van der Waals surface area contributed by atoms with Gasteiger partial charge in [-0.3, -0.25) is 4.79 Å². The number of aliphatic hydroxyl groups excluding tert-OH is 1. The van der Waals surface area contributed by atoms with Crippen molar-refractivity contribution in [2.75, 3.05) is 24.6 Å². The number of nitrogens with zero attached hydrogens (tertiary/aromatic N) is 2. The monoisotopic (exact) mass is 323 g/mol. The Labute approximate surface area is 141 Å². The Balaban J connectivity index is 1.93. The van der Waals surface area contributed by atoms with Crippen LogP contribution in [0.3, 0.4) is 0 Å². The number of hydrogen-bond donors (Lipinski definition) is 2. The molecule has 0 atom stereocenters. The van der Waals surface area contributed by atoms with E-state index in [4.69, 9.17) is 5.11 Å². The molecule has 5 nitrogen and oxygen atoms in total. The van der Waals surface area contributed by atoms with Crippen molar-refractivity contribution in [3.8, 4) is 11.4 Å². The molecule has 3 aromatic rings. The Morgan fingerprint density at radius 3 is 2.46 bits per heavy atom. The van der Waals surface area contributed by atoms with Crippen LogP contribution in [0, 0.1) is 0 Å². The molecule has 0 aliphatic carbocycles. The normalized spacial score (nSPS) is 11.0. The van der Waals surface area contributed by atoms with Gasteiger partial charge in [0.15, 0.2) is 5.78 Å². The van der Waals surface area contributed by atoms with E-state index in [2.05, 4.69) is 40.8 Å². The topological polar surface area (TPSA) is 69.2 Å². The first-order valence-corrected chi connectivity index (χ1v) is 8.15. The lowest BCUT2D eigenvalue weighted by Gasteiger charge is -2.20. The van der Waals surface area contributed by atoms with Crippen molar-refractivity contribution in [1.82, 2.24) is 9.97 Å². The molecule has 0 bridgehead atoms. The van der Waals surface area contributed by atoms with Crippen LogP contribution in [-0.2, 0) is 0 Å². The van der Waals surface area contributed by atoms with Gasteiger partial charge in [-0.25, -0.2) is 4.98 Å². The van der Waals surface area contributed by atoms with Crippen LogP contribution in [0.4, 0.5) is 5.69 Å². The fourth-order valence-corrected chi connectivity index (χ4v) is 2.83. The highest BCUT2D eigenvalue weighted by molar-refractivity contribution is 5.99. The van der Waals surface area contributed by atoms with E-state index in [9.17, 15) is 4.79 Å². The second-order valence-corrected chi connectivity index (χ2v) is 5.62. The molecule has 3 rings (SSSR count). The van der Waals surface area contributed by atoms with Crippen molar-refractivity contribution in [3.63, 3.8) is 0 Å². The molecule has 5 heteroatoms. The molecule has 2 aromatic carbocycles. The number of carbonyl (C=O) groups excluding carboxylic acids is 1. The molecule has 0 unspecified atom stereocenters. The molecule has 0 spiro atoms. The third-order valence-electron chi connectivity index (χ3n) is 4.22. The van der Waals surface area contributed by atoms with E-state index in [0.29, 0.717) is 5.56 Å². The van der Waals surface area contributed by atoms with Gasteiger partial charge in [-0.05, 0) is 56.3 Å². The zero-order valence-electron chi connectivity index (χ0n) is 13.9. The standard InChI is InChI=1S/C19H21N3O2/c1-3-22(4-2)15-8-5-13(6-9-15)19-20-16-10-7-14(18(24)12-23)11-17(16)21-19/h5-11,23H,3-4,12H2,1-2H3,(H,20,21). The third kappa shape index (κ3) is 3.03. The molecular formula is C19H21N3O2. The zero-order valence-corrected chi connectivity index (χ0v) is 13.9. The van der Waals surface area contributed by atoms with E-state index < -0.39 is 6.61 Å². The molecule has 124 valence electrons. The highest BCUT2D eigenvalue weighted by Gasteiger charge is 2.10. The van der Waals surface area contributed by atoms with Crippen LogP contribution in [0.5, 0.6) is 0 Å². The second kappa shape index (κ2) is 6.84. The molecular weight excluding hydrogens is 302 g/mol. The number of rotatable bonds is 6. The van der Waals surface area contributed by atoms with Crippen LogP contribution < -0.4 is 4.90 Å². The molecule has 0 saturated heterocycles. The van der Waals surface area contributed by atoms with E-state index >= 15 is 0 Å². The van der Waals surface area contributed by atoms with Gasteiger partial charge in [-0.15, -0.1) is 0 Å². The summed E-state index contributed by atoms with van der Waals surface area (Å²) in [5.41, 5.74) is 4.26. The predicted molar refractivity (Wildman–Crippen MR) is 96.5 cm³/mol. The Kier molecular flexibility index (Phi) is 4.62. The number of H-pyrrole nitrogens is 1. The van der Waals surface area contributed by atoms with Gasteiger partial charge >= 0.3 is 0 Å². The molecule has 0 aliphatic rings. The van der Waals surface area contributed by atoms with Crippen LogP contribution in [0.2, 0.25) is 0 Å². The summed E-state index contributed by atoms with van der Waals surface area (Å²) in [6, 6.07) is 13.5. The van der Waals surface area contributed by atoms with Crippen molar-refractivity contribution in [1.29, 1.82) is 0 Å². The van der Waals surface area contributed by atoms with Crippen molar-refractivity contribution in [2.24, 2.45) is 0 Å². The number of fused-ring (bicyclic) bond motifs is 1. The van der Waals surface area contributed by atoms with E-state index in [1.165, 1.54) is 5.69 Å². The lowest BCUT2D eigenvalue weighted by atomic mass is 10.1. The lowest BCUT2D eigenvalue weighted by Crippen LogP contribution is -2.21. The molecule has 0 saturated carbocycles. The van der Waals surface area contributed by atoms with Gasteiger partial charge in [0.05, 0.1) is 11.0 Å². The summed E-state index contributed by atoms with van der Waals surface area (Å²) >= 11 is 0. The number of benzene rings is 2. The average molecular weight is 323 g/mol. The number of aromatic nitrogens is 2. The molecule has 0 amide bonds. The maximum absolute atomic E-state index is 11.6. The highest BCUT2D eigenvalue weighted by Crippen LogP contribution is 2.24. The molecule has 0 aliphatic heterocycles. The minimum atomic E-state index is -0.487. The Morgan fingerprint density at radius 1 is 1.12 bits per heavy atom. The maximum atomic E-state index is 11.6. The summed E-state index contributed by atoms with van der Waals surface area (Å²) in [4.78, 5) is 21.7. The van der Waals surface area contributed by atoms with Gasteiger partial charge in [0.1, 0.15) is 12.4 Å². The second-order valence-electron chi connectivity index (χ2n) is 5.62. The van der Waals surface area contributed by atoms with Crippen molar-refractivity contribution >= 4 is 22.5 Å². The zero-order chi connectivity index (χ0) is 17.1. The van der Waals surface area contributed by atoms with Gasteiger partial charge in [-0.1, -0.05) is 0 Å². The summed E-state index contributed by atoms with van der Waals surface area (Å²) in [5, 5.41) is 8.98. The Bertz CT molecular complexity index is 849. The first-order chi connectivity index (χ1) is 11.7. The van der Waals surface area contributed by atoms with Crippen molar-refractivity contribution in [3.05, 3.63) is 48.0 Å². The quantitative estimate of drug-likeness (QED) is 0.683. The minimum absolute atomic E-state index is 0.295. The third-order valence-corrected chi connectivity index (χ3v) is 4.22. The molecule has 1 heterocycles. The molecule has 1 aromatic heterocycles. The summed E-state index contributed by atoms with van der Waals surface area (Å²) in [6.07, 6.45) is 0. The van der Waals surface area contributed by atoms with E-state index in [1.807, 2.05) is 12.1 Å². The Hall–Kier alpha value is -2.66. The Morgan fingerprint density at radius 2 is 1.83 bits per heavy atom. The number of nitrogens with one attached hydrogen (secondary N) is 1. The number of aromatic amines is 1. The SMILES string of the molecule is CCN(CC)c1ccc(-c2nc3ccc(C(=O)CO)cc3[nH]2)cc1. The summed E-state index contributed by atoms with van der Waals surface area (Å²) in [6.45, 7) is 5.74. The fraction of sp³-hybridized carbons (Fsp3) is 0.263. The highest BCUT2D eigenvalue weighted by atomic mass is 16.3. The van der Waals surface area contributed by atoms with Crippen LogP contribution in [0.1, 0.15) is 24.2 Å². The molecule has 2 N–H and O–H groups in total. The number of anilines is 1. The van der Waals surface area contributed by atoms with Gasteiger partial charge in [0.2, 0.25) is 0 Å². The van der Waals surface area contributed by atoms with Crippen LogP contribution >= 0.6 is 0 Å². The van der Waals surface area contributed by atoms with Gasteiger partial charge < -0.3 is 15.0 Å². The van der Waals surface area contributed by atoms with Crippen LogP contribution in [-0.4, -0.2) is 40.6 Å². The van der Waals surface area contributed by atoms with Gasteiger partial charge in [0, 0.05) is 29.9 Å². The van der Waals surface area contributed by atoms with E-state index in [1.54, 1.807) is 18.2 Å². The largest absolute Gasteiger partial charge is 0.388 e. The number of carbonyl (C=O) groups is 1. The first-order valence-electron chi connectivity index (χ1n) is 8.15. The molecule has 0 fully saturated rings. The van der Waals surface area contributed by atoms with Crippen molar-refractivity contribution < 1.29 is 9.90 Å². The van der Waals surface area contributed by atoms with E-state index in [-0.39, 0.29) is 5.78 Å². The fourth-order valence-electron chi connectivity index (χ4n) is 2.83. The molecule has 0 radical (unpaired) electrons. The summed E-state index contributed by atoms with van der Waals surface area (Å²) in [5.74, 6) is 0.473. The van der Waals surface area contributed by atoms with Gasteiger partial charge in [-0.2, -0.15) is 0 Å². The van der Waals surface area contributed by atoms with Crippen LogP contribution in [0.15, 0.2) is 42.5 Å². The minimum Gasteiger partial charge on any atom is -0.388 e. The number of imidazole rings is 1. The average Bonchev–Trinajstić information content (AvgIpc) is 3.06. The maximum Gasteiger partial charge on any atom is 0.188 e. The summed E-state index contributed by atoms with van der Waals surface area (Å²) in [7, 11) is 0. The van der Waals surface area contributed by atoms with E-state index in [0.717, 1.165) is 35.5 Å². The summed E-state index contributed by atoms with van der Waals surface area (Å²) < 4.78 is 0. The predicted octanol–water partition coefficient (Wildman–Crippen LogP) is 3.25. The smallest absolute Gasteiger partial charge is 0.188 e. The van der Waals surface area contributed by atoms with Gasteiger partial charge in [0.25, 0.3) is 0 Å². The molecule has 24 heavy (non-hydrogen) atoms. The van der Waals surface area contributed by atoms with Crippen molar-refractivity contribution in [2.45, 2.75) is 13.8 Å². The number of hydrogen-bond acceptors (Lipinski definition) is 4. The number of ketones is 1. The number of aliphatic hydroxyl groups is 1. The lowest BCUT2D eigenvalue weighted by molar-refractivity contribution is 0.0904.